The Labute approximate surface area is 177 Å². The van der Waals surface area contributed by atoms with Crippen molar-refractivity contribution in [2.24, 2.45) is 4.99 Å². The summed E-state index contributed by atoms with van der Waals surface area (Å²) in [6.07, 6.45) is 5.62. The summed E-state index contributed by atoms with van der Waals surface area (Å²) >= 11 is 0. The van der Waals surface area contributed by atoms with Crippen LogP contribution in [0.3, 0.4) is 0 Å². The van der Waals surface area contributed by atoms with Crippen LogP contribution in [0.1, 0.15) is 44.3 Å². The summed E-state index contributed by atoms with van der Waals surface area (Å²) in [6, 6.07) is 5.89. The molecule has 30 heavy (non-hydrogen) atoms. The van der Waals surface area contributed by atoms with Gasteiger partial charge in [-0.05, 0) is 43.9 Å². The van der Waals surface area contributed by atoms with E-state index < -0.39 is 12.2 Å². The molecular formula is C23H29N3O4. The summed E-state index contributed by atoms with van der Waals surface area (Å²) in [5.74, 6) is 0.622. The summed E-state index contributed by atoms with van der Waals surface area (Å²) in [4.78, 5) is 19.7. The number of carbonyl (C=O) groups excluding carboxylic acids is 1. The van der Waals surface area contributed by atoms with E-state index in [1.54, 1.807) is 17.2 Å². The van der Waals surface area contributed by atoms with Gasteiger partial charge in [-0.3, -0.25) is 4.79 Å². The molecule has 0 saturated carbocycles. The van der Waals surface area contributed by atoms with Crippen LogP contribution in [-0.4, -0.2) is 49.2 Å². The first kappa shape index (κ1) is 20.8. The SMILES string of the molecule is C=CC1=C(/N=C\C)Nc2ccc(C3CC(O)CO3)cc2N(C(=O)[C@H]2CCCCO2)C1. The van der Waals surface area contributed by atoms with E-state index in [-0.39, 0.29) is 12.0 Å². The number of aliphatic imine (C=N–C) groups is 1. The summed E-state index contributed by atoms with van der Waals surface area (Å²) in [5, 5.41) is 13.2. The first-order valence-electron chi connectivity index (χ1n) is 10.6. The maximum Gasteiger partial charge on any atom is 0.256 e. The Kier molecular flexibility index (Phi) is 6.32. The van der Waals surface area contributed by atoms with Crippen molar-refractivity contribution >= 4 is 23.5 Å². The molecule has 0 spiro atoms. The number of aliphatic hydroxyl groups is 1. The molecule has 0 bridgehead atoms. The highest BCUT2D eigenvalue weighted by atomic mass is 16.5. The number of carbonyl (C=O) groups is 1. The fourth-order valence-corrected chi connectivity index (χ4v) is 4.17. The van der Waals surface area contributed by atoms with Gasteiger partial charge in [-0.25, -0.2) is 4.99 Å². The zero-order valence-corrected chi connectivity index (χ0v) is 17.3. The molecule has 2 unspecified atom stereocenters. The largest absolute Gasteiger partial charge is 0.391 e. The van der Waals surface area contributed by atoms with Gasteiger partial charge in [-0.1, -0.05) is 18.7 Å². The minimum absolute atomic E-state index is 0.0525. The predicted octanol–water partition coefficient (Wildman–Crippen LogP) is 3.32. The highest BCUT2D eigenvalue weighted by molar-refractivity contribution is 6.01. The van der Waals surface area contributed by atoms with Crippen LogP contribution in [0, 0.1) is 0 Å². The van der Waals surface area contributed by atoms with Gasteiger partial charge >= 0.3 is 0 Å². The van der Waals surface area contributed by atoms with Gasteiger partial charge < -0.3 is 24.8 Å². The molecule has 0 aromatic heterocycles. The van der Waals surface area contributed by atoms with Gasteiger partial charge in [-0.2, -0.15) is 0 Å². The van der Waals surface area contributed by atoms with E-state index >= 15 is 0 Å². The molecule has 7 nitrogen and oxygen atoms in total. The lowest BCUT2D eigenvalue weighted by molar-refractivity contribution is -0.132. The van der Waals surface area contributed by atoms with Crippen molar-refractivity contribution in [1.29, 1.82) is 0 Å². The average Bonchev–Trinajstić information content (AvgIpc) is 3.14. The topological polar surface area (TPSA) is 83.4 Å². The summed E-state index contributed by atoms with van der Waals surface area (Å²) in [7, 11) is 0. The lowest BCUT2D eigenvalue weighted by Crippen LogP contribution is -2.42. The molecule has 2 fully saturated rings. The standard InChI is InChI=1S/C23H29N3O4/c1-3-15-13-26(23(28)20-7-5-6-10-29-20)19-11-16(21-12-17(27)14-30-21)8-9-18(19)25-22(15)24-4-2/h3-4,8-9,11,17,20-21,25,27H,1,5-7,10,12-14H2,2H3/b24-4-/t17?,20-,21?/m1/s1. The van der Waals surface area contributed by atoms with Gasteiger partial charge in [-0.15, -0.1) is 0 Å². The zero-order chi connectivity index (χ0) is 21.1. The lowest BCUT2D eigenvalue weighted by atomic mass is 10.0. The number of nitrogens with one attached hydrogen (secondary N) is 1. The van der Waals surface area contributed by atoms with Crippen molar-refractivity contribution < 1.29 is 19.4 Å². The Balaban J connectivity index is 1.74. The molecule has 7 heteroatoms. The number of hydrogen-bond donors (Lipinski definition) is 2. The van der Waals surface area contributed by atoms with Crippen LogP contribution in [-0.2, 0) is 14.3 Å². The summed E-state index contributed by atoms with van der Waals surface area (Å²) in [6.45, 7) is 7.07. The highest BCUT2D eigenvalue weighted by Gasteiger charge is 2.33. The van der Waals surface area contributed by atoms with Crippen LogP contribution >= 0.6 is 0 Å². The number of anilines is 2. The lowest BCUT2D eigenvalue weighted by Gasteiger charge is -2.30. The van der Waals surface area contributed by atoms with Gasteiger partial charge in [0, 0.05) is 24.8 Å². The van der Waals surface area contributed by atoms with Crippen LogP contribution in [0.2, 0.25) is 0 Å². The molecule has 2 saturated heterocycles. The van der Waals surface area contributed by atoms with E-state index in [1.807, 2.05) is 25.1 Å². The molecule has 1 aromatic rings. The predicted molar refractivity (Wildman–Crippen MR) is 117 cm³/mol. The normalized spacial score (nSPS) is 27.0. The van der Waals surface area contributed by atoms with Crippen LogP contribution in [0.25, 0.3) is 0 Å². The highest BCUT2D eigenvalue weighted by Crippen LogP contribution is 2.38. The van der Waals surface area contributed by atoms with Crippen molar-refractivity contribution in [3.8, 4) is 0 Å². The number of ether oxygens (including phenoxy) is 2. The molecule has 0 radical (unpaired) electrons. The molecule has 3 heterocycles. The van der Waals surface area contributed by atoms with Crippen LogP contribution in [0.4, 0.5) is 11.4 Å². The quantitative estimate of drug-likeness (QED) is 0.743. The minimum Gasteiger partial charge on any atom is -0.391 e. The Morgan fingerprint density at radius 1 is 1.37 bits per heavy atom. The number of aliphatic hydroxyl groups excluding tert-OH is 1. The van der Waals surface area contributed by atoms with Crippen molar-refractivity contribution in [3.63, 3.8) is 0 Å². The Bertz CT molecular complexity index is 873. The fourth-order valence-electron chi connectivity index (χ4n) is 4.17. The van der Waals surface area contributed by atoms with Crippen LogP contribution in [0.5, 0.6) is 0 Å². The monoisotopic (exact) mass is 411 g/mol. The number of fused-ring (bicyclic) bond motifs is 1. The summed E-state index contributed by atoms with van der Waals surface area (Å²) < 4.78 is 11.5. The zero-order valence-electron chi connectivity index (χ0n) is 17.3. The summed E-state index contributed by atoms with van der Waals surface area (Å²) in [5.41, 5.74) is 3.33. The minimum atomic E-state index is -0.458. The van der Waals surface area contributed by atoms with Gasteiger partial charge in [0.2, 0.25) is 0 Å². The molecule has 1 amide bonds. The number of rotatable bonds is 4. The van der Waals surface area contributed by atoms with Crippen LogP contribution in [0.15, 0.2) is 47.2 Å². The van der Waals surface area contributed by atoms with E-state index in [2.05, 4.69) is 16.9 Å². The Morgan fingerprint density at radius 3 is 2.90 bits per heavy atom. The molecule has 3 aliphatic rings. The first-order chi connectivity index (χ1) is 14.6. The Morgan fingerprint density at radius 2 is 2.23 bits per heavy atom. The van der Waals surface area contributed by atoms with Gasteiger partial charge in [0.1, 0.15) is 11.9 Å². The number of benzene rings is 1. The van der Waals surface area contributed by atoms with Crippen LogP contribution < -0.4 is 10.2 Å². The third kappa shape index (κ3) is 4.19. The average molecular weight is 412 g/mol. The molecule has 4 rings (SSSR count). The van der Waals surface area contributed by atoms with Crippen molar-refractivity contribution in [1.82, 2.24) is 0 Å². The number of amides is 1. The van der Waals surface area contributed by atoms with E-state index in [0.717, 1.165) is 41.8 Å². The smallest absolute Gasteiger partial charge is 0.256 e. The third-order valence-corrected chi connectivity index (χ3v) is 5.77. The van der Waals surface area contributed by atoms with Crippen molar-refractivity contribution in [3.05, 3.63) is 47.8 Å². The molecule has 2 N–H and O–H groups in total. The molecular weight excluding hydrogens is 382 g/mol. The molecule has 0 aliphatic carbocycles. The fraction of sp³-hybridized carbons (Fsp3) is 0.478. The van der Waals surface area contributed by atoms with Crippen molar-refractivity contribution in [2.45, 2.75) is 50.9 Å². The first-order valence-corrected chi connectivity index (χ1v) is 10.6. The van der Waals surface area contributed by atoms with Gasteiger partial charge in [0.25, 0.3) is 5.91 Å². The maximum absolute atomic E-state index is 13.5. The number of hydrogen-bond acceptors (Lipinski definition) is 6. The van der Waals surface area contributed by atoms with E-state index in [4.69, 9.17) is 9.47 Å². The van der Waals surface area contributed by atoms with Gasteiger partial charge in [0.05, 0.1) is 36.7 Å². The van der Waals surface area contributed by atoms with Gasteiger partial charge in [0.15, 0.2) is 0 Å². The molecule has 160 valence electrons. The second-order valence-corrected chi connectivity index (χ2v) is 7.86. The Hall–Kier alpha value is -2.48. The second-order valence-electron chi connectivity index (χ2n) is 7.86. The van der Waals surface area contributed by atoms with Crippen molar-refractivity contribution in [2.75, 3.05) is 30.0 Å². The van der Waals surface area contributed by atoms with E-state index in [9.17, 15) is 9.90 Å². The molecule has 3 aliphatic heterocycles. The number of nitrogens with zero attached hydrogens (tertiary/aromatic N) is 2. The third-order valence-electron chi connectivity index (χ3n) is 5.77. The van der Waals surface area contributed by atoms with E-state index in [1.165, 1.54) is 0 Å². The molecule has 1 aromatic carbocycles. The maximum atomic E-state index is 13.5. The second kappa shape index (κ2) is 9.12. The molecule has 3 atom stereocenters. The van der Waals surface area contributed by atoms with E-state index in [0.29, 0.717) is 32.0 Å².